The molecular weight excluding hydrogens is 564 g/mol. The molecule has 0 radical (unpaired) electrons. The summed E-state index contributed by atoms with van der Waals surface area (Å²) in [4.78, 5) is 30.6. The summed E-state index contributed by atoms with van der Waals surface area (Å²) in [5, 5.41) is 0. The highest BCUT2D eigenvalue weighted by molar-refractivity contribution is 9.10. The summed E-state index contributed by atoms with van der Waals surface area (Å²) in [7, 11) is 1.73. The molecule has 11 heteroatoms. The standard InChI is InChI=1S/C28H29BrN6O4/c1-32-26-21(18-34(28(32)36)24-8-3-2-7-23(24)29)16-30-27(31-26)35(25-19-38-13-14-39-25)22-6-4-5-20(15-22)17-33-9-11-37-12-10-33/h2-8,13-14,16,19-20H,9-12,15,17-18H2,1H3. The number of benzene rings is 1. The Kier molecular flexibility index (Phi) is 7.36. The van der Waals surface area contributed by atoms with Gasteiger partial charge in [0.15, 0.2) is 6.26 Å². The second-order valence-corrected chi connectivity index (χ2v) is 10.5. The predicted octanol–water partition coefficient (Wildman–Crippen LogP) is 4.73. The van der Waals surface area contributed by atoms with Gasteiger partial charge in [0.1, 0.15) is 18.3 Å². The number of halogens is 1. The highest BCUT2D eigenvalue weighted by Crippen LogP contribution is 2.36. The van der Waals surface area contributed by atoms with Crippen LogP contribution in [-0.4, -0.2) is 60.8 Å². The van der Waals surface area contributed by atoms with Gasteiger partial charge in [-0.2, -0.15) is 4.98 Å². The number of urea groups is 1. The minimum Gasteiger partial charge on any atom is -0.464 e. The molecule has 2 aromatic rings. The van der Waals surface area contributed by atoms with E-state index in [1.54, 1.807) is 23.0 Å². The molecule has 0 N–H and O–H groups in total. The molecule has 2 amide bonds. The van der Waals surface area contributed by atoms with E-state index in [-0.39, 0.29) is 6.03 Å². The Morgan fingerprint density at radius 2 is 2.03 bits per heavy atom. The van der Waals surface area contributed by atoms with E-state index in [4.69, 9.17) is 24.2 Å². The van der Waals surface area contributed by atoms with Crippen molar-refractivity contribution in [3.05, 3.63) is 89.1 Å². The van der Waals surface area contributed by atoms with Crippen LogP contribution in [0.25, 0.3) is 0 Å². The maximum absolute atomic E-state index is 13.4. The van der Waals surface area contributed by atoms with Crippen LogP contribution >= 0.6 is 15.9 Å². The van der Waals surface area contributed by atoms with Crippen molar-refractivity contribution in [2.45, 2.75) is 13.0 Å². The van der Waals surface area contributed by atoms with Gasteiger partial charge >= 0.3 is 6.03 Å². The molecule has 1 atom stereocenters. The molecule has 1 saturated heterocycles. The lowest BCUT2D eigenvalue weighted by Crippen LogP contribution is -2.46. The molecule has 0 bridgehead atoms. The molecule has 1 fully saturated rings. The molecule has 0 spiro atoms. The Bertz CT molecular complexity index is 1370. The van der Waals surface area contributed by atoms with Crippen molar-refractivity contribution in [3.8, 4) is 0 Å². The fraction of sp³-hybridized carbons (Fsp3) is 0.321. The molecular formula is C28H29BrN6O4. The molecule has 4 heterocycles. The number of rotatable bonds is 6. The lowest BCUT2D eigenvalue weighted by molar-refractivity contribution is 0.0333. The number of ether oxygens (including phenoxy) is 3. The maximum Gasteiger partial charge on any atom is 0.330 e. The summed E-state index contributed by atoms with van der Waals surface area (Å²) in [6.45, 7) is 4.71. The van der Waals surface area contributed by atoms with Crippen molar-refractivity contribution in [2.75, 3.05) is 54.6 Å². The number of amides is 2. The van der Waals surface area contributed by atoms with E-state index in [0.29, 0.717) is 30.1 Å². The number of carbonyl (C=O) groups excluding carboxylic acids is 1. The van der Waals surface area contributed by atoms with Crippen molar-refractivity contribution >= 4 is 39.4 Å². The van der Waals surface area contributed by atoms with Gasteiger partial charge < -0.3 is 14.2 Å². The first-order valence-corrected chi connectivity index (χ1v) is 13.7. The minimum absolute atomic E-state index is 0.171. The monoisotopic (exact) mass is 592 g/mol. The first-order chi connectivity index (χ1) is 19.1. The summed E-state index contributed by atoms with van der Waals surface area (Å²) in [6.07, 6.45) is 13.4. The number of carbonyl (C=O) groups is 1. The summed E-state index contributed by atoms with van der Waals surface area (Å²) in [5.41, 5.74) is 2.61. The summed E-state index contributed by atoms with van der Waals surface area (Å²) < 4.78 is 17.6. The fourth-order valence-corrected chi connectivity index (χ4v) is 5.63. The van der Waals surface area contributed by atoms with E-state index in [0.717, 1.165) is 60.7 Å². The van der Waals surface area contributed by atoms with Crippen molar-refractivity contribution in [1.29, 1.82) is 0 Å². The van der Waals surface area contributed by atoms with E-state index in [1.165, 1.54) is 18.8 Å². The third-order valence-electron chi connectivity index (χ3n) is 7.08. The van der Waals surface area contributed by atoms with Crippen molar-refractivity contribution in [1.82, 2.24) is 14.9 Å². The van der Waals surface area contributed by atoms with Crippen molar-refractivity contribution < 1.29 is 19.0 Å². The van der Waals surface area contributed by atoms with Crippen LogP contribution in [0, 0.1) is 5.92 Å². The number of hydrogen-bond donors (Lipinski definition) is 0. The van der Waals surface area contributed by atoms with Gasteiger partial charge in [-0.3, -0.25) is 14.7 Å². The Morgan fingerprint density at radius 1 is 1.18 bits per heavy atom. The van der Waals surface area contributed by atoms with Gasteiger partial charge in [-0.15, -0.1) is 0 Å². The van der Waals surface area contributed by atoms with Gasteiger partial charge in [-0.1, -0.05) is 24.3 Å². The van der Waals surface area contributed by atoms with E-state index in [1.807, 2.05) is 35.2 Å². The Labute approximate surface area is 235 Å². The SMILES string of the molecule is CN1C(=O)N(c2ccccc2Br)Cc2cnc(N(C3=CC=CC(CN4CCOCC4)C3)C3=COC=CO3)nc21. The zero-order chi connectivity index (χ0) is 26.8. The molecule has 4 aliphatic rings. The molecule has 202 valence electrons. The normalized spacial score (nSPS) is 21.1. The van der Waals surface area contributed by atoms with E-state index in [9.17, 15) is 4.79 Å². The van der Waals surface area contributed by atoms with Crippen LogP contribution in [0.1, 0.15) is 12.0 Å². The quantitative estimate of drug-likeness (QED) is 0.476. The summed E-state index contributed by atoms with van der Waals surface area (Å²) in [5.74, 6) is 1.72. The van der Waals surface area contributed by atoms with Crippen LogP contribution in [0.4, 0.5) is 22.2 Å². The van der Waals surface area contributed by atoms with Crippen LogP contribution in [0.5, 0.6) is 0 Å². The lowest BCUT2D eigenvalue weighted by Gasteiger charge is -2.36. The first kappa shape index (κ1) is 25.6. The predicted molar refractivity (Wildman–Crippen MR) is 151 cm³/mol. The van der Waals surface area contributed by atoms with Gasteiger partial charge in [-0.05, 0) is 46.5 Å². The highest BCUT2D eigenvalue weighted by atomic mass is 79.9. The van der Waals surface area contributed by atoms with Crippen LogP contribution < -0.4 is 14.7 Å². The molecule has 39 heavy (non-hydrogen) atoms. The third kappa shape index (κ3) is 5.29. The zero-order valence-corrected chi connectivity index (χ0v) is 23.2. The fourth-order valence-electron chi connectivity index (χ4n) is 5.13. The summed E-state index contributed by atoms with van der Waals surface area (Å²) >= 11 is 3.57. The zero-order valence-electron chi connectivity index (χ0n) is 21.6. The molecule has 6 rings (SSSR count). The highest BCUT2D eigenvalue weighted by Gasteiger charge is 2.33. The number of fused-ring (bicyclic) bond motifs is 1. The van der Waals surface area contributed by atoms with E-state index < -0.39 is 0 Å². The Balaban J connectivity index is 1.30. The maximum atomic E-state index is 13.4. The number of allylic oxidation sites excluding steroid dienone is 3. The minimum atomic E-state index is -0.171. The number of morpholine rings is 1. The van der Waals surface area contributed by atoms with Gasteiger partial charge in [0.25, 0.3) is 0 Å². The first-order valence-electron chi connectivity index (χ1n) is 12.9. The van der Waals surface area contributed by atoms with Crippen molar-refractivity contribution in [2.24, 2.45) is 5.92 Å². The van der Waals surface area contributed by atoms with Crippen LogP contribution in [0.2, 0.25) is 0 Å². The largest absolute Gasteiger partial charge is 0.464 e. The third-order valence-corrected chi connectivity index (χ3v) is 7.75. The number of nitrogens with zero attached hydrogens (tertiary/aromatic N) is 6. The number of aromatic nitrogens is 2. The van der Waals surface area contributed by atoms with E-state index >= 15 is 0 Å². The topological polar surface area (TPSA) is 83.5 Å². The van der Waals surface area contributed by atoms with Gasteiger partial charge in [0.05, 0.1) is 25.4 Å². The second kappa shape index (κ2) is 11.2. The lowest BCUT2D eigenvalue weighted by atomic mass is 9.96. The smallest absolute Gasteiger partial charge is 0.330 e. The molecule has 0 saturated carbocycles. The van der Waals surface area contributed by atoms with E-state index in [2.05, 4.69) is 33.0 Å². The molecule has 10 nitrogen and oxygen atoms in total. The van der Waals surface area contributed by atoms with Gasteiger partial charge in [0, 0.05) is 48.6 Å². The van der Waals surface area contributed by atoms with Gasteiger partial charge in [-0.25, -0.2) is 14.7 Å². The molecule has 1 aliphatic carbocycles. The average Bonchev–Trinajstić information content (AvgIpc) is 2.97. The number of para-hydroxylation sites is 1. The molecule has 1 aromatic carbocycles. The van der Waals surface area contributed by atoms with Crippen LogP contribution in [-0.2, 0) is 20.8 Å². The Morgan fingerprint density at radius 3 is 2.82 bits per heavy atom. The van der Waals surface area contributed by atoms with Crippen LogP contribution in [0.15, 0.2) is 83.5 Å². The Hall–Kier alpha value is -3.67. The van der Waals surface area contributed by atoms with Gasteiger partial charge in [0.2, 0.25) is 11.8 Å². The average molecular weight is 593 g/mol. The molecule has 1 aromatic heterocycles. The second-order valence-electron chi connectivity index (χ2n) is 9.64. The molecule has 1 unspecified atom stereocenters. The number of anilines is 3. The molecule has 3 aliphatic heterocycles. The van der Waals surface area contributed by atoms with Crippen LogP contribution in [0.3, 0.4) is 0 Å². The number of hydrogen-bond acceptors (Lipinski definition) is 8. The van der Waals surface area contributed by atoms with Crippen molar-refractivity contribution in [3.63, 3.8) is 0 Å². The summed E-state index contributed by atoms with van der Waals surface area (Å²) in [6, 6.07) is 7.49.